The molecule has 0 fully saturated rings. The molecule has 0 aliphatic rings. The molecule has 2 aromatic carbocycles. The van der Waals surface area contributed by atoms with Gasteiger partial charge in [-0.1, -0.05) is 24.3 Å². The van der Waals surface area contributed by atoms with Gasteiger partial charge in [-0.25, -0.2) is 14.2 Å². The molecule has 3 aromatic rings. The molecular weight excluding hydrogens is 361 g/mol. The maximum absolute atomic E-state index is 14.3. The second-order valence-electron chi connectivity index (χ2n) is 7.45. The number of nitrogens with zero attached hydrogens (tertiary/aromatic N) is 2. The number of amides is 1. The van der Waals surface area contributed by atoms with Crippen molar-refractivity contribution in [2.75, 3.05) is 0 Å². The van der Waals surface area contributed by atoms with Gasteiger partial charge in [0, 0.05) is 0 Å². The molecule has 146 valence electrons. The molecule has 1 N–H and O–H groups in total. The Morgan fingerprint density at radius 2 is 1.82 bits per heavy atom. The molecule has 1 atom stereocenters. The van der Waals surface area contributed by atoms with Gasteiger partial charge in [0.25, 0.3) is 5.56 Å². The van der Waals surface area contributed by atoms with Crippen LogP contribution < -0.4 is 10.9 Å². The first-order valence-electron chi connectivity index (χ1n) is 8.93. The van der Waals surface area contributed by atoms with Crippen molar-refractivity contribution >= 4 is 17.0 Å². The van der Waals surface area contributed by atoms with Crippen molar-refractivity contribution in [1.82, 2.24) is 14.9 Å². The van der Waals surface area contributed by atoms with E-state index in [-0.39, 0.29) is 16.7 Å². The number of carbonyl (C=O) groups excluding carboxylic acids is 1. The van der Waals surface area contributed by atoms with Crippen molar-refractivity contribution < 1.29 is 13.9 Å². The lowest BCUT2D eigenvalue weighted by atomic mass is 10.2. The van der Waals surface area contributed by atoms with Gasteiger partial charge in [0.1, 0.15) is 22.6 Å². The average Bonchev–Trinajstić information content (AvgIpc) is 2.60. The molecular formula is C21H22FN3O3. The van der Waals surface area contributed by atoms with Gasteiger partial charge >= 0.3 is 6.09 Å². The highest BCUT2D eigenvalue weighted by molar-refractivity contribution is 5.79. The van der Waals surface area contributed by atoms with Crippen molar-refractivity contribution in [3.05, 3.63) is 70.5 Å². The Labute approximate surface area is 162 Å². The smallest absolute Gasteiger partial charge is 0.408 e. The zero-order valence-electron chi connectivity index (χ0n) is 16.2. The molecule has 3 rings (SSSR count). The number of hydrogen-bond acceptors (Lipinski definition) is 4. The topological polar surface area (TPSA) is 73.2 Å². The highest BCUT2D eigenvalue weighted by Crippen LogP contribution is 2.20. The molecule has 1 heterocycles. The van der Waals surface area contributed by atoms with Crippen LogP contribution in [-0.2, 0) is 4.74 Å². The van der Waals surface area contributed by atoms with E-state index in [9.17, 15) is 14.0 Å². The quantitative estimate of drug-likeness (QED) is 0.739. The summed E-state index contributed by atoms with van der Waals surface area (Å²) >= 11 is 0. The predicted molar refractivity (Wildman–Crippen MR) is 105 cm³/mol. The van der Waals surface area contributed by atoms with Crippen LogP contribution in [0, 0.1) is 5.82 Å². The summed E-state index contributed by atoms with van der Waals surface area (Å²) in [6, 6.07) is 12.4. The Morgan fingerprint density at radius 3 is 2.46 bits per heavy atom. The highest BCUT2D eigenvalue weighted by atomic mass is 19.1. The molecule has 0 bridgehead atoms. The third-order valence-corrected chi connectivity index (χ3v) is 4.01. The first-order chi connectivity index (χ1) is 13.2. The van der Waals surface area contributed by atoms with Crippen molar-refractivity contribution in [2.24, 2.45) is 0 Å². The number of para-hydroxylation sites is 1. The molecule has 0 aliphatic heterocycles. The summed E-state index contributed by atoms with van der Waals surface area (Å²) < 4.78 is 20.9. The Bertz CT molecular complexity index is 1070. The Kier molecular flexibility index (Phi) is 5.18. The van der Waals surface area contributed by atoms with Crippen LogP contribution in [0.2, 0.25) is 0 Å². The summed E-state index contributed by atoms with van der Waals surface area (Å²) in [4.78, 5) is 29.8. The number of aromatic nitrogens is 2. The van der Waals surface area contributed by atoms with Gasteiger partial charge in [0.2, 0.25) is 0 Å². The normalized spacial score (nSPS) is 12.6. The zero-order valence-corrected chi connectivity index (χ0v) is 16.2. The third kappa shape index (κ3) is 4.03. The van der Waals surface area contributed by atoms with Gasteiger partial charge in [-0.05, 0) is 52.0 Å². The Balaban J connectivity index is 2.15. The molecule has 1 amide bonds. The molecule has 0 saturated heterocycles. The van der Waals surface area contributed by atoms with E-state index in [1.54, 1.807) is 58.0 Å². The number of carbonyl (C=O) groups is 1. The largest absolute Gasteiger partial charge is 0.444 e. The second-order valence-corrected chi connectivity index (χ2v) is 7.45. The van der Waals surface area contributed by atoms with E-state index in [0.717, 1.165) is 0 Å². The van der Waals surface area contributed by atoms with E-state index in [0.29, 0.717) is 5.69 Å². The predicted octanol–water partition coefficient (Wildman–Crippen LogP) is 4.11. The SMILES string of the molecule is CC(NC(=O)OC(C)(C)C)c1nc2cccc(F)c2c(=O)n1-c1ccccc1. The summed E-state index contributed by atoms with van der Waals surface area (Å²) in [5.74, 6) is -0.362. The van der Waals surface area contributed by atoms with Crippen LogP contribution in [0.1, 0.15) is 39.6 Å². The minimum Gasteiger partial charge on any atom is -0.444 e. The van der Waals surface area contributed by atoms with Gasteiger partial charge in [0.15, 0.2) is 0 Å². The monoisotopic (exact) mass is 383 g/mol. The van der Waals surface area contributed by atoms with Gasteiger partial charge in [-0.2, -0.15) is 0 Å². The van der Waals surface area contributed by atoms with Crippen LogP contribution in [0.15, 0.2) is 53.3 Å². The van der Waals surface area contributed by atoms with Crippen LogP contribution in [0.25, 0.3) is 16.6 Å². The average molecular weight is 383 g/mol. The fourth-order valence-corrected chi connectivity index (χ4v) is 2.87. The summed E-state index contributed by atoms with van der Waals surface area (Å²) in [6.07, 6.45) is -0.631. The molecule has 1 unspecified atom stereocenters. The molecule has 0 aliphatic carbocycles. The lowest BCUT2D eigenvalue weighted by Crippen LogP contribution is -2.37. The van der Waals surface area contributed by atoms with Crippen LogP contribution in [0.5, 0.6) is 0 Å². The number of nitrogens with one attached hydrogen (secondary N) is 1. The minimum absolute atomic E-state index is 0.0976. The number of fused-ring (bicyclic) bond motifs is 1. The van der Waals surface area contributed by atoms with E-state index in [1.807, 2.05) is 6.07 Å². The summed E-state index contributed by atoms with van der Waals surface area (Å²) in [6.45, 7) is 6.97. The summed E-state index contributed by atoms with van der Waals surface area (Å²) in [5, 5.41) is 2.59. The summed E-state index contributed by atoms with van der Waals surface area (Å²) in [7, 11) is 0. The van der Waals surface area contributed by atoms with Crippen molar-refractivity contribution in [2.45, 2.75) is 39.3 Å². The van der Waals surface area contributed by atoms with E-state index >= 15 is 0 Å². The fourth-order valence-electron chi connectivity index (χ4n) is 2.87. The van der Waals surface area contributed by atoms with Crippen LogP contribution in [0.3, 0.4) is 0 Å². The van der Waals surface area contributed by atoms with Crippen molar-refractivity contribution in [3.8, 4) is 5.69 Å². The van der Waals surface area contributed by atoms with Crippen LogP contribution in [-0.4, -0.2) is 21.2 Å². The Morgan fingerprint density at radius 1 is 1.14 bits per heavy atom. The lowest BCUT2D eigenvalue weighted by molar-refractivity contribution is 0.0505. The maximum Gasteiger partial charge on any atom is 0.408 e. The van der Waals surface area contributed by atoms with Gasteiger partial charge < -0.3 is 10.1 Å². The number of benzene rings is 2. The number of ether oxygens (including phenoxy) is 1. The molecule has 1 aromatic heterocycles. The molecule has 0 spiro atoms. The first kappa shape index (κ1) is 19.5. The zero-order chi connectivity index (χ0) is 20.5. The number of hydrogen-bond donors (Lipinski definition) is 1. The van der Waals surface area contributed by atoms with E-state index in [1.165, 1.54) is 16.7 Å². The second kappa shape index (κ2) is 7.42. The molecule has 28 heavy (non-hydrogen) atoms. The van der Waals surface area contributed by atoms with E-state index in [4.69, 9.17) is 4.74 Å². The Hall–Kier alpha value is -3.22. The van der Waals surface area contributed by atoms with Crippen LogP contribution in [0.4, 0.5) is 9.18 Å². The van der Waals surface area contributed by atoms with E-state index < -0.39 is 29.1 Å². The standard InChI is InChI=1S/C21H22FN3O3/c1-13(23-20(27)28-21(2,3)4)18-24-16-12-8-11-15(22)17(16)19(26)25(18)14-9-6-5-7-10-14/h5-13H,1-4H3,(H,23,27). The van der Waals surface area contributed by atoms with Crippen LogP contribution >= 0.6 is 0 Å². The van der Waals surface area contributed by atoms with Crippen molar-refractivity contribution in [1.29, 1.82) is 0 Å². The lowest BCUT2D eigenvalue weighted by Gasteiger charge is -2.23. The fraction of sp³-hybridized carbons (Fsp3) is 0.286. The van der Waals surface area contributed by atoms with Gasteiger partial charge in [-0.15, -0.1) is 0 Å². The van der Waals surface area contributed by atoms with Gasteiger partial charge in [0.05, 0.1) is 17.2 Å². The molecule has 6 nitrogen and oxygen atoms in total. The first-order valence-corrected chi connectivity index (χ1v) is 8.93. The number of alkyl carbamates (subject to hydrolysis) is 1. The minimum atomic E-state index is -0.664. The number of halogens is 1. The molecule has 0 radical (unpaired) electrons. The number of rotatable bonds is 3. The van der Waals surface area contributed by atoms with E-state index in [2.05, 4.69) is 10.3 Å². The van der Waals surface area contributed by atoms with Gasteiger partial charge in [-0.3, -0.25) is 9.36 Å². The maximum atomic E-state index is 14.3. The van der Waals surface area contributed by atoms with Crippen molar-refractivity contribution in [3.63, 3.8) is 0 Å². The highest BCUT2D eigenvalue weighted by Gasteiger charge is 2.23. The molecule has 0 saturated carbocycles. The summed E-state index contributed by atoms with van der Waals surface area (Å²) in [5.41, 5.74) is -0.451. The molecule has 7 heteroatoms. The third-order valence-electron chi connectivity index (χ3n) is 4.01.